The largest absolute Gasteiger partial charge is 0.494 e. The Morgan fingerprint density at radius 3 is 2.52 bits per heavy atom. The van der Waals surface area contributed by atoms with Crippen molar-refractivity contribution in [1.29, 1.82) is 0 Å². The summed E-state index contributed by atoms with van der Waals surface area (Å²) in [7, 11) is 0. The Balaban J connectivity index is 1.71. The Kier molecular flexibility index (Phi) is 7.14. The number of nitrogens with zero attached hydrogens (tertiary/aromatic N) is 3. The maximum Gasteiger partial charge on any atom is 0.288 e. The first kappa shape index (κ1) is 22.2. The summed E-state index contributed by atoms with van der Waals surface area (Å²) < 4.78 is 5.38. The van der Waals surface area contributed by atoms with Crippen LogP contribution >= 0.6 is 12.2 Å². The van der Waals surface area contributed by atoms with Crippen LogP contribution in [0.5, 0.6) is 5.75 Å². The molecule has 31 heavy (non-hydrogen) atoms. The molecule has 1 atom stereocenters. The normalized spacial score (nSPS) is 15.7. The Labute approximate surface area is 185 Å². The lowest BCUT2D eigenvalue weighted by Crippen LogP contribution is -2.49. The van der Waals surface area contributed by atoms with E-state index in [0.717, 1.165) is 0 Å². The third kappa shape index (κ3) is 5.15. The first-order valence-electron chi connectivity index (χ1n) is 9.83. The van der Waals surface area contributed by atoms with Crippen LogP contribution in [0, 0.1) is 0 Å². The fourth-order valence-corrected chi connectivity index (χ4v) is 3.49. The van der Waals surface area contributed by atoms with Crippen LogP contribution in [-0.4, -0.2) is 56.9 Å². The average molecular weight is 442 g/mol. The number of benzene rings is 1. The van der Waals surface area contributed by atoms with Crippen molar-refractivity contribution in [2.75, 3.05) is 18.5 Å². The predicted molar refractivity (Wildman–Crippen MR) is 118 cm³/mol. The zero-order chi connectivity index (χ0) is 22.4. The van der Waals surface area contributed by atoms with Gasteiger partial charge in [0.1, 0.15) is 17.5 Å². The zero-order valence-electron chi connectivity index (χ0n) is 17.2. The lowest BCUT2D eigenvalue weighted by atomic mass is 10.2. The number of hydrazine groups is 1. The number of carbonyl (C=O) groups excluding carboxylic acids is 3. The summed E-state index contributed by atoms with van der Waals surface area (Å²) in [6.45, 7) is 4.52. The maximum absolute atomic E-state index is 12.8. The molecule has 1 saturated heterocycles. The third-order valence-electron chi connectivity index (χ3n) is 4.56. The highest BCUT2D eigenvalue weighted by molar-refractivity contribution is 7.80. The molecule has 1 aromatic carbocycles. The SMILES string of the molecule is CCOc1ccc(NC(=O)CC2C(=O)N(CC)C(=S)N2NC(=O)c2ccccn2)cc1. The molecular formula is C21H23N5O4S. The van der Waals surface area contributed by atoms with Gasteiger partial charge in [-0.25, -0.2) is 5.01 Å². The molecule has 1 fully saturated rings. The second-order valence-electron chi connectivity index (χ2n) is 6.62. The van der Waals surface area contributed by atoms with Crippen molar-refractivity contribution in [3.63, 3.8) is 0 Å². The molecule has 3 rings (SSSR count). The van der Waals surface area contributed by atoms with Crippen LogP contribution in [0.1, 0.15) is 30.8 Å². The van der Waals surface area contributed by atoms with E-state index in [-0.39, 0.29) is 29.0 Å². The molecule has 0 spiro atoms. The van der Waals surface area contributed by atoms with Crippen LogP contribution in [-0.2, 0) is 9.59 Å². The van der Waals surface area contributed by atoms with Gasteiger partial charge in [-0.15, -0.1) is 0 Å². The average Bonchev–Trinajstić information content (AvgIpc) is 2.99. The molecule has 2 aromatic rings. The molecule has 9 nitrogen and oxygen atoms in total. The number of rotatable bonds is 8. The van der Waals surface area contributed by atoms with Gasteiger partial charge in [0, 0.05) is 18.4 Å². The predicted octanol–water partition coefficient (Wildman–Crippen LogP) is 1.97. The fourth-order valence-electron chi connectivity index (χ4n) is 3.10. The molecule has 10 heteroatoms. The molecule has 1 unspecified atom stereocenters. The van der Waals surface area contributed by atoms with Crippen LogP contribution in [0.3, 0.4) is 0 Å². The standard InChI is InChI=1S/C21H23N5O4S/c1-3-25-20(29)17(13-18(27)23-14-8-10-15(11-9-14)30-4-2)26(21(25)31)24-19(28)16-7-5-6-12-22-16/h5-12,17H,3-4,13H2,1-2H3,(H,23,27)(H,24,28). The van der Waals surface area contributed by atoms with E-state index in [9.17, 15) is 14.4 Å². The van der Waals surface area contributed by atoms with Gasteiger partial charge in [-0.2, -0.15) is 0 Å². The topological polar surface area (TPSA) is 104 Å². The molecular weight excluding hydrogens is 418 g/mol. The number of hydrogen-bond acceptors (Lipinski definition) is 6. The van der Waals surface area contributed by atoms with Crippen LogP contribution < -0.4 is 15.5 Å². The minimum atomic E-state index is -0.956. The first-order chi connectivity index (χ1) is 14.9. The number of anilines is 1. The minimum Gasteiger partial charge on any atom is -0.494 e. The van der Waals surface area contributed by atoms with E-state index in [4.69, 9.17) is 17.0 Å². The van der Waals surface area contributed by atoms with Gasteiger partial charge in [0.2, 0.25) is 5.91 Å². The Bertz CT molecular complexity index is 967. The van der Waals surface area contributed by atoms with Crippen LogP contribution in [0.4, 0.5) is 5.69 Å². The van der Waals surface area contributed by atoms with Gasteiger partial charge in [0.05, 0.1) is 13.0 Å². The van der Waals surface area contributed by atoms with Crippen LogP contribution in [0.2, 0.25) is 0 Å². The number of likely N-dealkylation sites (N-methyl/N-ethyl adjacent to an activating group) is 1. The van der Waals surface area contributed by atoms with Gasteiger partial charge in [-0.1, -0.05) is 6.07 Å². The smallest absolute Gasteiger partial charge is 0.288 e. The van der Waals surface area contributed by atoms with E-state index in [1.165, 1.54) is 16.1 Å². The summed E-state index contributed by atoms with van der Waals surface area (Å²) in [5.41, 5.74) is 3.35. The zero-order valence-corrected chi connectivity index (χ0v) is 18.0. The van der Waals surface area contributed by atoms with Crippen molar-refractivity contribution in [3.05, 3.63) is 54.4 Å². The summed E-state index contributed by atoms with van der Waals surface area (Å²) in [4.78, 5) is 43.3. The van der Waals surface area contributed by atoms with E-state index in [2.05, 4.69) is 15.7 Å². The van der Waals surface area contributed by atoms with Crippen molar-refractivity contribution in [2.45, 2.75) is 26.3 Å². The van der Waals surface area contributed by atoms with Crippen LogP contribution in [0.15, 0.2) is 48.7 Å². The van der Waals surface area contributed by atoms with Gasteiger partial charge in [0.25, 0.3) is 11.8 Å². The number of pyridine rings is 1. The molecule has 0 saturated carbocycles. The highest BCUT2D eigenvalue weighted by atomic mass is 32.1. The van der Waals surface area contributed by atoms with Gasteiger partial charge in [0.15, 0.2) is 5.11 Å². The summed E-state index contributed by atoms with van der Waals surface area (Å²) in [5.74, 6) is -0.569. The number of ether oxygens (including phenoxy) is 1. The van der Waals surface area contributed by atoms with Crippen molar-refractivity contribution in [1.82, 2.24) is 20.3 Å². The molecule has 1 aromatic heterocycles. The second kappa shape index (κ2) is 9.98. The van der Waals surface area contributed by atoms with Crippen molar-refractivity contribution in [3.8, 4) is 5.75 Å². The molecule has 3 amide bonds. The molecule has 2 N–H and O–H groups in total. The molecule has 0 aliphatic carbocycles. The Morgan fingerprint density at radius 1 is 1.16 bits per heavy atom. The van der Waals surface area contributed by atoms with E-state index >= 15 is 0 Å². The van der Waals surface area contributed by atoms with Crippen molar-refractivity contribution >= 4 is 40.7 Å². The molecule has 162 valence electrons. The molecule has 2 heterocycles. The second-order valence-corrected chi connectivity index (χ2v) is 6.98. The van der Waals surface area contributed by atoms with Crippen LogP contribution in [0.25, 0.3) is 0 Å². The Hall–Kier alpha value is -3.53. The van der Waals surface area contributed by atoms with E-state index in [1.807, 2.05) is 6.92 Å². The molecule has 0 radical (unpaired) electrons. The number of hydrogen-bond donors (Lipinski definition) is 2. The van der Waals surface area contributed by atoms with Gasteiger partial charge < -0.3 is 10.1 Å². The molecule has 1 aliphatic rings. The highest BCUT2D eigenvalue weighted by Gasteiger charge is 2.44. The van der Waals surface area contributed by atoms with Crippen molar-refractivity contribution < 1.29 is 19.1 Å². The summed E-state index contributed by atoms with van der Waals surface area (Å²) in [6.07, 6.45) is 1.30. The van der Waals surface area contributed by atoms with Gasteiger partial charge in [-0.3, -0.25) is 29.7 Å². The molecule has 1 aliphatic heterocycles. The highest BCUT2D eigenvalue weighted by Crippen LogP contribution is 2.21. The molecule has 0 bridgehead atoms. The summed E-state index contributed by atoms with van der Waals surface area (Å²) in [5, 5.41) is 4.15. The number of aromatic nitrogens is 1. The number of amides is 3. The van der Waals surface area contributed by atoms with E-state index < -0.39 is 11.9 Å². The fraction of sp³-hybridized carbons (Fsp3) is 0.286. The van der Waals surface area contributed by atoms with E-state index in [0.29, 0.717) is 24.6 Å². The van der Waals surface area contributed by atoms with E-state index in [1.54, 1.807) is 49.4 Å². The third-order valence-corrected chi connectivity index (χ3v) is 4.98. The van der Waals surface area contributed by atoms with Crippen molar-refractivity contribution in [2.24, 2.45) is 0 Å². The minimum absolute atomic E-state index is 0.135. The van der Waals surface area contributed by atoms with Gasteiger partial charge in [-0.05, 0) is 62.5 Å². The summed E-state index contributed by atoms with van der Waals surface area (Å²) in [6, 6.07) is 10.9. The lowest BCUT2D eigenvalue weighted by Gasteiger charge is -2.24. The van der Waals surface area contributed by atoms with Gasteiger partial charge >= 0.3 is 0 Å². The lowest BCUT2D eigenvalue weighted by molar-refractivity contribution is -0.130. The monoisotopic (exact) mass is 441 g/mol. The number of carbonyl (C=O) groups is 3. The number of nitrogens with one attached hydrogen (secondary N) is 2. The first-order valence-corrected chi connectivity index (χ1v) is 10.2. The maximum atomic E-state index is 12.8. The quantitative estimate of drug-likeness (QED) is 0.604. The summed E-state index contributed by atoms with van der Waals surface area (Å²) >= 11 is 5.36. The number of thiocarbonyl (C=S) groups is 1. The Morgan fingerprint density at radius 2 is 1.90 bits per heavy atom.